The van der Waals surface area contributed by atoms with Crippen LogP contribution in [0.25, 0.3) is 0 Å². The van der Waals surface area contributed by atoms with Crippen LogP contribution in [0.3, 0.4) is 0 Å². The van der Waals surface area contributed by atoms with E-state index in [-0.39, 0.29) is 23.8 Å². The molecular formula is C17H21FN2O3. The first-order valence-electron chi connectivity index (χ1n) is 8.06. The summed E-state index contributed by atoms with van der Waals surface area (Å²) in [6.07, 6.45) is 2.77. The highest BCUT2D eigenvalue weighted by molar-refractivity contribution is 5.75. The van der Waals surface area contributed by atoms with Gasteiger partial charge in [-0.3, -0.25) is 4.79 Å². The van der Waals surface area contributed by atoms with Crippen molar-refractivity contribution in [1.82, 2.24) is 10.2 Å². The molecule has 0 spiro atoms. The molecule has 23 heavy (non-hydrogen) atoms. The largest absolute Gasteiger partial charge is 0.481 e. The van der Waals surface area contributed by atoms with E-state index in [0.29, 0.717) is 31.8 Å². The number of hydrogen-bond acceptors (Lipinski definition) is 2. The van der Waals surface area contributed by atoms with Crippen molar-refractivity contribution in [2.75, 3.05) is 13.1 Å². The summed E-state index contributed by atoms with van der Waals surface area (Å²) in [7, 11) is 0. The lowest BCUT2D eigenvalue weighted by molar-refractivity contribution is -0.143. The van der Waals surface area contributed by atoms with E-state index in [1.807, 2.05) is 0 Å². The zero-order chi connectivity index (χ0) is 16.4. The van der Waals surface area contributed by atoms with Crippen LogP contribution in [-0.2, 0) is 4.79 Å². The Labute approximate surface area is 134 Å². The van der Waals surface area contributed by atoms with Gasteiger partial charge in [0.25, 0.3) is 0 Å². The van der Waals surface area contributed by atoms with Crippen LogP contribution in [0.5, 0.6) is 0 Å². The number of amides is 2. The molecular weight excluding hydrogens is 299 g/mol. The third kappa shape index (κ3) is 3.63. The quantitative estimate of drug-likeness (QED) is 0.899. The number of carbonyl (C=O) groups excluding carboxylic acids is 1. The predicted molar refractivity (Wildman–Crippen MR) is 82.6 cm³/mol. The lowest BCUT2D eigenvalue weighted by Gasteiger charge is -2.38. The fourth-order valence-corrected chi connectivity index (χ4v) is 3.34. The molecule has 2 N–H and O–H groups in total. The Morgan fingerprint density at radius 1 is 1.13 bits per heavy atom. The minimum Gasteiger partial charge on any atom is -0.481 e. The number of benzene rings is 1. The molecule has 6 heteroatoms. The Bertz CT molecular complexity index is 576. The molecule has 124 valence electrons. The van der Waals surface area contributed by atoms with Crippen LogP contribution >= 0.6 is 0 Å². The van der Waals surface area contributed by atoms with Crippen LogP contribution in [-0.4, -0.2) is 41.1 Å². The van der Waals surface area contributed by atoms with Gasteiger partial charge in [0.15, 0.2) is 0 Å². The van der Waals surface area contributed by atoms with E-state index < -0.39 is 5.97 Å². The summed E-state index contributed by atoms with van der Waals surface area (Å²) in [4.78, 5) is 24.8. The average molecular weight is 320 g/mol. The molecule has 0 bridgehead atoms. The van der Waals surface area contributed by atoms with Crippen LogP contribution in [0.2, 0.25) is 0 Å². The number of halogens is 1. The third-order valence-electron chi connectivity index (χ3n) is 4.94. The molecule has 0 radical (unpaired) electrons. The minimum absolute atomic E-state index is 0.101. The molecule has 1 saturated carbocycles. The summed E-state index contributed by atoms with van der Waals surface area (Å²) >= 11 is 0. The monoisotopic (exact) mass is 320 g/mol. The molecule has 3 rings (SSSR count). The standard InChI is InChI=1S/C17H21FN2O3/c18-14-3-1-11(2-4-14)13-9-15(10-13)19-17(23)20-7-5-12(6-8-20)16(21)22/h1-4,12-13,15H,5-10H2,(H,19,23)(H,21,22). The number of nitrogens with one attached hydrogen (secondary N) is 1. The first-order valence-corrected chi connectivity index (χ1v) is 8.06. The zero-order valence-electron chi connectivity index (χ0n) is 12.9. The van der Waals surface area contributed by atoms with E-state index in [1.165, 1.54) is 12.1 Å². The van der Waals surface area contributed by atoms with E-state index >= 15 is 0 Å². The number of piperidine rings is 1. The average Bonchev–Trinajstić information content (AvgIpc) is 2.51. The van der Waals surface area contributed by atoms with Gasteiger partial charge in [-0.25, -0.2) is 9.18 Å². The second-order valence-electron chi connectivity index (χ2n) is 6.47. The molecule has 5 nitrogen and oxygen atoms in total. The third-order valence-corrected chi connectivity index (χ3v) is 4.94. The van der Waals surface area contributed by atoms with Gasteiger partial charge in [0, 0.05) is 19.1 Å². The van der Waals surface area contributed by atoms with Crippen molar-refractivity contribution >= 4 is 12.0 Å². The first kappa shape index (κ1) is 15.8. The molecule has 1 aliphatic heterocycles. The second kappa shape index (κ2) is 6.56. The van der Waals surface area contributed by atoms with E-state index in [1.54, 1.807) is 17.0 Å². The molecule has 1 heterocycles. The Morgan fingerprint density at radius 3 is 2.30 bits per heavy atom. The molecule has 1 aliphatic carbocycles. The Morgan fingerprint density at radius 2 is 1.74 bits per heavy atom. The van der Waals surface area contributed by atoms with Crippen LogP contribution in [0.15, 0.2) is 24.3 Å². The molecule has 1 aromatic rings. The van der Waals surface area contributed by atoms with Crippen molar-refractivity contribution in [1.29, 1.82) is 0 Å². The van der Waals surface area contributed by atoms with E-state index in [9.17, 15) is 14.0 Å². The number of carbonyl (C=O) groups is 2. The lowest BCUT2D eigenvalue weighted by Crippen LogP contribution is -2.51. The smallest absolute Gasteiger partial charge is 0.317 e. The maximum atomic E-state index is 12.9. The van der Waals surface area contributed by atoms with Crippen molar-refractivity contribution in [2.24, 2.45) is 5.92 Å². The molecule has 0 atom stereocenters. The van der Waals surface area contributed by atoms with Crippen LogP contribution in [0.4, 0.5) is 9.18 Å². The maximum absolute atomic E-state index is 12.9. The summed E-state index contributed by atoms with van der Waals surface area (Å²) in [5.74, 6) is -0.960. The summed E-state index contributed by atoms with van der Waals surface area (Å²) in [5, 5.41) is 12.0. The van der Waals surface area contributed by atoms with Crippen molar-refractivity contribution in [3.63, 3.8) is 0 Å². The number of aliphatic carboxylic acids is 1. The van der Waals surface area contributed by atoms with Crippen molar-refractivity contribution in [3.8, 4) is 0 Å². The van der Waals surface area contributed by atoms with E-state index in [0.717, 1.165) is 18.4 Å². The fraction of sp³-hybridized carbons (Fsp3) is 0.529. The van der Waals surface area contributed by atoms with Crippen molar-refractivity contribution in [2.45, 2.75) is 37.6 Å². The highest BCUT2D eigenvalue weighted by Gasteiger charge is 2.33. The van der Waals surface area contributed by atoms with Gasteiger partial charge in [-0.15, -0.1) is 0 Å². The van der Waals surface area contributed by atoms with E-state index in [4.69, 9.17) is 5.11 Å². The lowest BCUT2D eigenvalue weighted by atomic mass is 9.76. The molecule has 0 unspecified atom stereocenters. The number of carboxylic acids is 1. The Hall–Kier alpha value is -2.11. The summed E-state index contributed by atoms with van der Waals surface area (Å²) in [5.41, 5.74) is 1.11. The second-order valence-corrected chi connectivity index (χ2v) is 6.47. The fourth-order valence-electron chi connectivity index (χ4n) is 3.34. The SMILES string of the molecule is O=C(O)C1CCN(C(=O)NC2CC(c3ccc(F)cc3)C2)CC1. The first-order chi connectivity index (χ1) is 11.0. The minimum atomic E-state index is -0.772. The van der Waals surface area contributed by atoms with Gasteiger partial charge in [-0.1, -0.05) is 12.1 Å². The van der Waals surface area contributed by atoms with Gasteiger partial charge in [0.1, 0.15) is 5.82 Å². The Kier molecular flexibility index (Phi) is 4.50. The van der Waals surface area contributed by atoms with Gasteiger partial charge in [0.05, 0.1) is 5.92 Å². The van der Waals surface area contributed by atoms with Gasteiger partial charge >= 0.3 is 12.0 Å². The number of nitrogens with zero attached hydrogens (tertiary/aromatic N) is 1. The number of likely N-dealkylation sites (tertiary alicyclic amines) is 1. The zero-order valence-corrected chi connectivity index (χ0v) is 12.9. The topological polar surface area (TPSA) is 69.6 Å². The van der Waals surface area contributed by atoms with Gasteiger partial charge in [0.2, 0.25) is 0 Å². The highest BCUT2D eigenvalue weighted by atomic mass is 19.1. The molecule has 1 aromatic carbocycles. The molecule has 2 amide bonds. The number of hydrogen-bond donors (Lipinski definition) is 2. The van der Waals surface area contributed by atoms with Gasteiger partial charge in [-0.2, -0.15) is 0 Å². The van der Waals surface area contributed by atoms with Crippen molar-refractivity contribution < 1.29 is 19.1 Å². The molecule has 1 saturated heterocycles. The molecule has 0 aromatic heterocycles. The predicted octanol–water partition coefficient (Wildman–Crippen LogP) is 2.58. The number of urea groups is 1. The Balaban J connectivity index is 1.42. The van der Waals surface area contributed by atoms with Crippen LogP contribution in [0.1, 0.15) is 37.2 Å². The molecule has 2 aliphatic rings. The molecule has 2 fully saturated rings. The number of rotatable bonds is 3. The van der Waals surface area contributed by atoms with Crippen LogP contribution in [0, 0.1) is 11.7 Å². The normalized spacial score (nSPS) is 24.8. The summed E-state index contributed by atoms with van der Waals surface area (Å²) in [6, 6.07) is 6.58. The number of carboxylic acid groups (broad SMARTS) is 1. The summed E-state index contributed by atoms with van der Waals surface area (Å²) < 4.78 is 12.9. The van der Waals surface area contributed by atoms with Gasteiger partial charge < -0.3 is 15.3 Å². The highest BCUT2D eigenvalue weighted by Crippen LogP contribution is 2.37. The van der Waals surface area contributed by atoms with Crippen molar-refractivity contribution in [3.05, 3.63) is 35.6 Å². The summed E-state index contributed by atoms with van der Waals surface area (Å²) in [6.45, 7) is 0.994. The van der Waals surface area contributed by atoms with Crippen LogP contribution < -0.4 is 5.32 Å². The maximum Gasteiger partial charge on any atom is 0.317 e. The van der Waals surface area contributed by atoms with Gasteiger partial charge in [-0.05, 0) is 49.3 Å². The van der Waals surface area contributed by atoms with E-state index in [2.05, 4.69) is 5.32 Å².